The van der Waals surface area contributed by atoms with Gasteiger partial charge in [-0.3, -0.25) is 4.79 Å². The first kappa shape index (κ1) is 18.8. The molecule has 0 saturated heterocycles. The minimum Gasteiger partial charge on any atom is -0.370 e. The van der Waals surface area contributed by atoms with Crippen molar-refractivity contribution in [3.8, 4) is 0 Å². The molecule has 0 radical (unpaired) electrons. The number of nitrogens with one attached hydrogen (secondary N) is 2. The molecule has 4 nitrogen and oxygen atoms in total. The molecule has 0 spiro atoms. The summed E-state index contributed by atoms with van der Waals surface area (Å²) < 4.78 is 26.1. The predicted octanol–water partition coefficient (Wildman–Crippen LogP) is 4.92. The lowest BCUT2D eigenvalue weighted by molar-refractivity contribution is 0.102. The Labute approximate surface area is 160 Å². The summed E-state index contributed by atoms with van der Waals surface area (Å²) >= 11 is 5.86. The minimum atomic E-state index is -1.07. The first-order valence-electron chi connectivity index (χ1n) is 8.22. The van der Waals surface area contributed by atoms with Crippen LogP contribution in [-0.4, -0.2) is 17.4 Å². The molecule has 7 heteroatoms. The average Bonchev–Trinajstić information content (AvgIpc) is 2.67. The van der Waals surface area contributed by atoms with Crippen molar-refractivity contribution in [2.45, 2.75) is 6.42 Å². The van der Waals surface area contributed by atoms with Gasteiger partial charge in [0.05, 0.1) is 11.9 Å². The van der Waals surface area contributed by atoms with E-state index < -0.39 is 17.5 Å². The molecule has 2 aromatic carbocycles. The maximum Gasteiger partial charge on any atom is 0.255 e. The average molecular weight is 388 g/mol. The minimum absolute atomic E-state index is 0.0269. The summed E-state index contributed by atoms with van der Waals surface area (Å²) in [7, 11) is 0. The van der Waals surface area contributed by atoms with Crippen molar-refractivity contribution in [1.82, 2.24) is 4.98 Å². The van der Waals surface area contributed by atoms with Crippen LogP contribution in [0, 0.1) is 11.6 Å². The molecule has 1 amide bonds. The zero-order valence-electron chi connectivity index (χ0n) is 14.2. The summed E-state index contributed by atoms with van der Waals surface area (Å²) in [5.41, 5.74) is 1.63. The maximum atomic E-state index is 13.2. The number of nitrogens with zero attached hydrogens (tertiary/aromatic N) is 1. The maximum absolute atomic E-state index is 13.2. The third-order valence-electron chi connectivity index (χ3n) is 3.84. The van der Waals surface area contributed by atoms with E-state index >= 15 is 0 Å². The van der Waals surface area contributed by atoms with E-state index in [-0.39, 0.29) is 5.56 Å². The fourth-order valence-electron chi connectivity index (χ4n) is 2.40. The van der Waals surface area contributed by atoms with Crippen LogP contribution in [0.3, 0.4) is 0 Å². The summed E-state index contributed by atoms with van der Waals surface area (Å²) in [5, 5.41) is 6.48. The first-order valence-corrected chi connectivity index (χ1v) is 8.60. The van der Waals surface area contributed by atoms with E-state index in [4.69, 9.17) is 11.6 Å². The largest absolute Gasteiger partial charge is 0.370 e. The van der Waals surface area contributed by atoms with E-state index in [0.717, 1.165) is 24.1 Å². The third kappa shape index (κ3) is 5.24. The van der Waals surface area contributed by atoms with Crippen molar-refractivity contribution in [3.05, 3.63) is 88.6 Å². The summed E-state index contributed by atoms with van der Waals surface area (Å²) in [6, 6.07) is 14.0. The molecule has 1 aromatic heterocycles. The van der Waals surface area contributed by atoms with Crippen LogP contribution < -0.4 is 10.6 Å². The number of carbonyl (C=O) groups is 1. The summed E-state index contributed by atoms with van der Waals surface area (Å²) in [6.07, 6.45) is 2.30. The van der Waals surface area contributed by atoms with Crippen molar-refractivity contribution in [2.75, 3.05) is 17.2 Å². The van der Waals surface area contributed by atoms with Gasteiger partial charge in [-0.15, -0.1) is 0 Å². The quantitative estimate of drug-likeness (QED) is 0.631. The molecule has 0 aliphatic rings. The Bertz CT molecular complexity index is 931. The lowest BCUT2D eigenvalue weighted by atomic mass is 10.1. The molecule has 1 heterocycles. The van der Waals surface area contributed by atoms with Crippen LogP contribution in [0.2, 0.25) is 5.02 Å². The van der Waals surface area contributed by atoms with Crippen LogP contribution in [0.25, 0.3) is 0 Å². The molecule has 3 aromatic rings. The molecule has 3 rings (SSSR count). The van der Waals surface area contributed by atoms with E-state index in [0.29, 0.717) is 23.1 Å². The molecule has 0 unspecified atom stereocenters. The molecule has 0 saturated carbocycles. The monoisotopic (exact) mass is 387 g/mol. The number of rotatable bonds is 6. The van der Waals surface area contributed by atoms with Crippen molar-refractivity contribution < 1.29 is 13.6 Å². The van der Waals surface area contributed by atoms with Gasteiger partial charge in [-0.25, -0.2) is 13.8 Å². The van der Waals surface area contributed by atoms with E-state index in [2.05, 4.69) is 15.6 Å². The smallest absolute Gasteiger partial charge is 0.255 e. The van der Waals surface area contributed by atoms with E-state index in [1.807, 2.05) is 24.3 Å². The SMILES string of the molecule is O=C(Nc1ccc(NCCc2ccc(Cl)cc2)nc1)c1ccc(F)c(F)c1. The highest BCUT2D eigenvalue weighted by Gasteiger charge is 2.10. The lowest BCUT2D eigenvalue weighted by Gasteiger charge is -2.08. The Morgan fingerprint density at radius 3 is 2.44 bits per heavy atom. The van der Waals surface area contributed by atoms with Crippen LogP contribution in [0.4, 0.5) is 20.3 Å². The Morgan fingerprint density at radius 2 is 1.78 bits per heavy atom. The molecule has 2 N–H and O–H groups in total. The Balaban J connectivity index is 1.52. The second kappa shape index (κ2) is 8.60. The van der Waals surface area contributed by atoms with Gasteiger partial charge in [0.2, 0.25) is 0 Å². The highest BCUT2D eigenvalue weighted by atomic mass is 35.5. The van der Waals surface area contributed by atoms with Crippen LogP contribution in [0.5, 0.6) is 0 Å². The van der Waals surface area contributed by atoms with Gasteiger partial charge in [-0.2, -0.15) is 0 Å². The number of carbonyl (C=O) groups excluding carboxylic acids is 1. The molecular weight excluding hydrogens is 372 g/mol. The molecular formula is C20H16ClF2N3O. The van der Waals surface area contributed by atoms with Gasteiger partial charge in [0.15, 0.2) is 11.6 Å². The standard InChI is InChI=1S/C20H16ClF2N3O/c21-15-4-1-13(2-5-15)9-10-24-19-8-6-16(12-25-19)26-20(27)14-3-7-17(22)18(23)11-14/h1-8,11-12H,9-10H2,(H,24,25)(H,26,27). The van der Waals surface area contributed by atoms with Gasteiger partial charge in [0.1, 0.15) is 5.82 Å². The van der Waals surface area contributed by atoms with Crippen molar-refractivity contribution >= 4 is 29.0 Å². The summed E-state index contributed by atoms with van der Waals surface area (Å²) in [6.45, 7) is 0.690. The zero-order valence-corrected chi connectivity index (χ0v) is 14.9. The number of hydrogen-bond donors (Lipinski definition) is 2. The number of aromatic nitrogens is 1. The third-order valence-corrected chi connectivity index (χ3v) is 4.09. The molecule has 0 bridgehead atoms. The normalized spacial score (nSPS) is 10.5. The predicted molar refractivity (Wildman–Crippen MR) is 102 cm³/mol. The van der Waals surface area contributed by atoms with Crippen LogP contribution in [0.1, 0.15) is 15.9 Å². The summed E-state index contributed by atoms with van der Waals surface area (Å²) in [5.74, 6) is -1.95. The second-order valence-electron chi connectivity index (χ2n) is 5.82. The van der Waals surface area contributed by atoms with E-state index in [1.165, 1.54) is 12.3 Å². The number of anilines is 2. The van der Waals surface area contributed by atoms with Crippen molar-refractivity contribution in [1.29, 1.82) is 0 Å². The molecule has 0 atom stereocenters. The Kier molecular flexibility index (Phi) is 5.98. The van der Waals surface area contributed by atoms with Gasteiger partial charge < -0.3 is 10.6 Å². The van der Waals surface area contributed by atoms with Crippen LogP contribution >= 0.6 is 11.6 Å². The lowest BCUT2D eigenvalue weighted by Crippen LogP contribution is -2.13. The van der Waals surface area contributed by atoms with Crippen molar-refractivity contribution in [2.24, 2.45) is 0 Å². The Hall–Kier alpha value is -2.99. The number of hydrogen-bond acceptors (Lipinski definition) is 3. The molecule has 0 aliphatic heterocycles. The highest BCUT2D eigenvalue weighted by molar-refractivity contribution is 6.30. The van der Waals surface area contributed by atoms with Gasteiger partial charge in [-0.1, -0.05) is 23.7 Å². The van der Waals surface area contributed by atoms with Gasteiger partial charge >= 0.3 is 0 Å². The van der Waals surface area contributed by atoms with Gasteiger partial charge in [0, 0.05) is 17.1 Å². The number of amides is 1. The highest BCUT2D eigenvalue weighted by Crippen LogP contribution is 2.14. The first-order chi connectivity index (χ1) is 13.0. The zero-order chi connectivity index (χ0) is 19.2. The van der Waals surface area contributed by atoms with E-state index in [1.54, 1.807) is 12.1 Å². The van der Waals surface area contributed by atoms with Crippen LogP contribution in [-0.2, 0) is 6.42 Å². The molecule has 0 aliphatic carbocycles. The number of benzene rings is 2. The van der Waals surface area contributed by atoms with Crippen molar-refractivity contribution in [3.63, 3.8) is 0 Å². The molecule has 138 valence electrons. The number of halogens is 3. The van der Waals surface area contributed by atoms with Crippen LogP contribution in [0.15, 0.2) is 60.8 Å². The number of pyridine rings is 1. The molecule has 0 fully saturated rings. The summed E-state index contributed by atoms with van der Waals surface area (Å²) in [4.78, 5) is 16.3. The van der Waals surface area contributed by atoms with E-state index in [9.17, 15) is 13.6 Å². The van der Waals surface area contributed by atoms with Gasteiger partial charge in [-0.05, 0) is 54.4 Å². The Morgan fingerprint density at radius 1 is 1.00 bits per heavy atom. The topological polar surface area (TPSA) is 54.0 Å². The fraction of sp³-hybridized carbons (Fsp3) is 0.100. The van der Waals surface area contributed by atoms with Gasteiger partial charge in [0.25, 0.3) is 5.91 Å². The fourth-order valence-corrected chi connectivity index (χ4v) is 2.52. The second-order valence-corrected chi connectivity index (χ2v) is 6.25. The molecule has 27 heavy (non-hydrogen) atoms.